The molecule has 224 valence electrons. The fourth-order valence-corrected chi connectivity index (χ4v) is 12.7. The number of aromatic nitrogens is 2. The van der Waals surface area contributed by atoms with Crippen molar-refractivity contribution < 1.29 is 17.9 Å². The van der Waals surface area contributed by atoms with Crippen LogP contribution in [0.25, 0.3) is 63.8 Å². The van der Waals surface area contributed by atoms with Crippen molar-refractivity contribution in [3.63, 3.8) is 0 Å². The Morgan fingerprint density at radius 2 is 0.851 bits per heavy atom. The van der Waals surface area contributed by atoms with Gasteiger partial charge in [-0.15, -0.1) is 0 Å². The number of thioether (sulfide) groups is 2. The maximum Gasteiger partial charge on any atom is 0.473 e. The molecule has 8 heteroatoms. The molecule has 10 rings (SSSR count). The molecule has 0 unspecified atom stereocenters. The normalized spacial score (nSPS) is 14.2. The molecule has 0 radical (unpaired) electrons. The predicted octanol–water partition coefficient (Wildman–Crippen LogP) is 11.0. The molecule has 2 nitrogen and oxygen atoms in total. The summed E-state index contributed by atoms with van der Waals surface area (Å²) < 4.78 is 34.6. The van der Waals surface area contributed by atoms with E-state index in [0.29, 0.717) is 0 Å². The van der Waals surface area contributed by atoms with Gasteiger partial charge >= 0.3 is 4.33 Å². The van der Waals surface area contributed by atoms with Crippen LogP contribution in [0.15, 0.2) is 143 Å². The first-order valence-electron chi connectivity index (χ1n) is 15.1. The molecule has 2 aromatic heterocycles. The van der Waals surface area contributed by atoms with Gasteiger partial charge in [0.15, 0.2) is 0 Å². The maximum atomic E-state index is 13.8. The van der Waals surface area contributed by atoms with E-state index in [1.807, 2.05) is 70.5 Å². The summed E-state index contributed by atoms with van der Waals surface area (Å²) in [5.41, 5.74) is 8.85. The molecule has 2 aliphatic rings. The van der Waals surface area contributed by atoms with Gasteiger partial charge in [0, 0.05) is 45.4 Å². The predicted molar refractivity (Wildman–Crippen MR) is 191 cm³/mol. The van der Waals surface area contributed by atoms with Crippen LogP contribution in [0.2, 0.25) is 0 Å². The van der Waals surface area contributed by atoms with E-state index in [-0.39, 0.29) is 11.6 Å². The van der Waals surface area contributed by atoms with Gasteiger partial charge in [0.1, 0.15) is 21.0 Å². The Labute approximate surface area is 285 Å². The van der Waals surface area contributed by atoms with Crippen molar-refractivity contribution in [1.29, 1.82) is 0 Å². The number of thiazole rings is 2. The quantitative estimate of drug-likeness (QED) is 0.167. The number of para-hydroxylation sites is 2. The number of hydrogen-bond acceptors (Lipinski definition) is 4. The van der Waals surface area contributed by atoms with E-state index in [9.17, 15) is 8.78 Å². The van der Waals surface area contributed by atoms with Crippen molar-refractivity contribution >= 4 is 66.6 Å². The molecule has 0 fully saturated rings. The van der Waals surface area contributed by atoms with E-state index < -0.39 is 4.33 Å². The number of benzene rings is 6. The fourth-order valence-electron chi connectivity index (χ4n) is 6.69. The average molecular weight is 685 g/mol. The summed E-state index contributed by atoms with van der Waals surface area (Å²) in [7, 11) is 0. The van der Waals surface area contributed by atoms with E-state index in [0.717, 1.165) is 22.3 Å². The van der Waals surface area contributed by atoms with Crippen LogP contribution in [-0.4, -0.2) is 0 Å². The van der Waals surface area contributed by atoms with Gasteiger partial charge in [-0.05, 0) is 82.9 Å². The van der Waals surface area contributed by atoms with E-state index in [4.69, 9.17) is 0 Å². The van der Waals surface area contributed by atoms with Crippen LogP contribution in [0.1, 0.15) is 0 Å². The van der Waals surface area contributed by atoms with Crippen molar-refractivity contribution in [2.24, 2.45) is 0 Å². The molecule has 0 saturated carbocycles. The number of fused-ring (bicyclic) bond motifs is 12. The van der Waals surface area contributed by atoms with Crippen LogP contribution in [0.3, 0.4) is 0 Å². The highest BCUT2D eigenvalue weighted by Gasteiger charge is 2.64. The van der Waals surface area contributed by atoms with Crippen LogP contribution < -0.4 is 9.13 Å². The highest BCUT2D eigenvalue weighted by molar-refractivity contribution is 8.16. The second-order valence-corrected chi connectivity index (χ2v) is 16.4. The van der Waals surface area contributed by atoms with Crippen LogP contribution in [0.4, 0.5) is 8.78 Å². The van der Waals surface area contributed by atoms with E-state index >= 15 is 0 Å². The second-order valence-electron chi connectivity index (χ2n) is 11.6. The Balaban J connectivity index is 1.24. The minimum atomic E-state index is -0.585. The van der Waals surface area contributed by atoms with Gasteiger partial charge < -0.3 is 0 Å². The van der Waals surface area contributed by atoms with E-state index in [1.165, 1.54) is 75.6 Å². The van der Waals surface area contributed by atoms with Gasteiger partial charge in [0.2, 0.25) is 11.0 Å². The number of nitrogens with zero attached hydrogens (tertiary/aromatic N) is 2. The van der Waals surface area contributed by atoms with Gasteiger partial charge in [-0.2, -0.15) is 0 Å². The second kappa shape index (κ2) is 10.3. The summed E-state index contributed by atoms with van der Waals surface area (Å²) in [6, 6.07) is 44.1. The number of rotatable bonds is 2. The smallest absolute Gasteiger partial charge is 0.207 e. The molecule has 0 saturated heterocycles. The molecular formula is C39H22F2N2S4+2. The largest absolute Gasteiger partial charge is 0.473 e. The lowest BCUT2D eigenvalue weighted by atomic mass is 10.0. The van der Waals surface area contributed by atoms with Crippen molar-refractivity contribution in [3.05, 3.63) is 145 Å². The zero-order valence-corrected chi connectivity index (χ0v) is 27.8. The highest BCUT2D eigenvalue weighted by Crippen LogP contribution is 2.58. The summed E-state index contributed by atoms with van der Waals surface area (Å²) in [6.45, 7) is 0. The molecule has 1 spiro atoms. The summed E-state index contributed by atoms with van der Waals surface area (Å²) in [4.78, 5) is 2.41. The van der Waals surface area contributed by atoms with Crippen molar-refractivity contribution in [1.82, 2.24) is 0 Å². The molecule has 6 aromatic carbocycles. The third kappa shape index (κ3) is 4.15. The minimum Gasteiger partial charge on any atom is -0.207 e. The standard InChI is InChI=1S/C39H22F2N2S4/c40-27-15-9-23(10-16-27)25-13-19-33-29(21-25)37-42(31-5-1-3-7-35(31)44-37)39(46-33)43-32-6-2-4-8-36(32)45-38(43)30-22-26(14-20-34(30)47-39)24-11-17-28(41)18-12-24/h1-22H/q+2. The summed E-state index contributed by atoms with van der Waals surface area (Å²) in [6.07, 6.45) is 0. The third-order valence-electron chi connectivity index (χ3n) is 8.86. The van der Waals surface area contributed by atoms with Gasteiger partial charge in [-0.1, -0.05) is 92.5 Å². The lowest BCUT2D eigenvalue weighted by Gasteiger charge is -2.30. The number of hydrogen-bond donors (Lipinski definition) is 0. The Morgan fingerprint density at radius 3 is 1.30 bits per heavy atom. The van der Waals surface area contributed by atoms with Crippen LogP contribution in [0, 0.1) is 11.6 Å². The van der Waals surface area contributed by atoms with Gasteiger partial charge in [0.25, 0.3) is 10.0 Å². The van der Waals surface area contributed by atoms with Crippen LogP contribution in [-0.2, 0) is 4.33 Å². The molecule has 0 bridgehead atoms. The summed E-state index contributed by atoms with van der Waals surface area (Å²) in [5.74, 6) is -0.469. The summed E-state index contributed by atoms with van der Waals surface area (Å²) in [5, 5.41) is 2.38. The SMILES string of the molecule is Fc1ccc(-c2ccc3c(c2)-c2sc4ccccc4[n+]2C2(S3)Sc3ccc(-c4ccc(F)cc4)cc3-c3sc4ccccc4[n+]32)cc1. The molecule has 0 amide bonds. The molecule has 8 aromatic rings. The minimum absolute atomic E-state index is 0.234. The molecule has 4 heterocycles. The first-order chi connectivity index (χ1) is 23.1. The Bertz CT molecular complexity index is 2370. The van der Waals surface area contributed by atoms with Crippen molar-refractivity contribution in [2.45, 2.75) is 14.1 Å². The fraction of sp³-hybridized carbons (Fsp3) is 0.0256. The molecule has 0 N–H and O–H groups in total. The number of halogens is 2. The topological polar surface area (TPSA) is 7.76 Å². The molecule has 2 aliphatic heterocycles. The highest BCUT2D eigenvalue weighted by atomic mass is 32.2. The Morgan fingerprint density at radius 1 is 0.447 bits per heavy atom. The van der Waals surface area contributed by atoms with Gasteiger partial charge in [-0.3, -0.25) is 0 Å². The zero-order chi connectivity index (χ0) is 31.3. The van der Waals surface area contributed by atoms with Gasteiger partial charge in [0.05, 0.1) is 11.1 Å². The molecule has 0 aliphatic carbocycles. The van der Waals surface area contributed by atoms with Crippen LogP contribution >= 0.6 is 46.2 Å². The average Bonchev–Trinajstić information content (AvgIpc) is 3.70. The lowest BCUT2D eigenvalue weighted by molar-refractivity contribution is -0.901. The zero-order valence-electron chi connectivity index (χ0n) is 24.5. The molecule has 0 atom stereocenters. The van der Waals surface area contributed by atoms with Crippen LogP contribution in [0.5, 0.6) is 0 Å². The van der Waals surface area contributed by atoms with Crippen molar-refractivity contribution in [3.8, 4) is 43.4 Å². The molecular weight excluding hydrogens is 663 g/mol. The first-order valence-corrected chi connectivity index (χ1v) is 18.4. The maximum absolute atomic E-state index is 13.8. The summed E-state index contributed by atoms with van der Waals surface area (Å²) >= 11 is 7.39. The Hall–Kier alpha value is -4.34. The van der Waals surface area contributed by atoms with Crippen molar-refractivity contribution in [2.75, 3.05) is 0 Å². The van der Waals surface area contributed by atoms with E-state index in [1.54, 1.807) is 0 Å². The first kappa shape index (κ1) is 27.7. The monoisotopic (exact) mass is 684 g/mol. The third-order valence-corrected chi connectivity index (χ3v) is 14.1. The van der Waals surface area contributed by atoms with Gasteiger partial charge in [-0.25, -0.2) is 8.78 Å². The lowest BCUT2D eigenvalue weighted by Crippen LogP contribution is -2.71. The van der Waals surface area contributed by atoms with E-state index in [2.05, 4.69) is 94.1 Å². The molecule has 47 heavy (non-hydrogen) atoms. The Kier molecular flexibility index (Phi) is 6.10.